The zero-order valence-electron chi connectivity index (χ0n) is 9.63. The monoisotopic (exact) mass is 272 g/mol. The number of halogens is 2. The lowest BCUT2D eigenvalue weighted by atomic mass is 9.75. The maximum Gasteiger partial charge on any atom is 0.169 e. The molecule has 0 spiro atoms. The predicted octanol–water partition coefficient (Wildman–Crippen LogP) is 3.67. The van der Waals surface area contributed by atoms with Crippen LogP contribution in [0.3, 0.4) is 0 Å². The Balaban J connectivity index is 2.15. The summed E-state index contributed by atoms with van der Waals surface area (Å²) in [6.45, 7) is 0. The number of carbonyl (C=O) groups excluding carboxylic acids is 1. The van der Waals surface area contributed by atoms with Crippen LogP contribution >= 0.6 is 23.2 Å². The van der Waals surface area contributed by atoms with Gasteiger partial charge in [0.05, 0.1) is 0 Å². The Bertz CT molecular complexity index is 434. The maximum absolute atomic E-state index is 12.2. The summed E-state index contributed by atoms with van der Waals surface area (Å²) < 4.78 is 5.35. The number of benzene rings is 1. The molecule has 0 aliphatic heterocycles. The molecule has 0 N–H and O–H groups in total. The second-order valence-electron chi connectivity index (χ2n) is 4.39. The molecule has 0 heterocycles. The third-order valence-electron chi connectivity index (χ3n) is 3.42. The van der Waals surface area contributed by atoms with E-state index in [0.717, 1.165) is 24.8 Å². The Labute approximate surface area is 111 Å². The molecule has 0 amide bonds. The minimum atomic E-state index is -0.578. The molecule has 0 bridgehead atoms. The SMILES string of the molecule is COC1(C(=O)Cc2cc(Cl)ccc2Cl)CCC1. The average Bonchev–Trinajstić information content (AvgIpc) is 2.23. The van der Waals surface area contributed by atoms with Crippen LogP contribution in [0, 0.1) is 0 Å². The highest BCUT2D eigenvalue weighted by Crippen LogP contribution is 2.37. The summed E-state index contributed by atoms with van der Waals surface area (Å²) in [5.74, 6) is 0.0930. The van der Waals surface area contributed by atoms with Gasteiger partial charge in [-0.25, -0.2) is 0 Å². The molecule has 1 fully saturated rings. The Hall–Kier alpha value is -0.570. The number of ketones is 1. The summed E-state index contributed by atoms with van der Waals surface area (Å²) in [4.78, 5) is 12.2. The highest BCUT2D eigenvalue weighted by Gasteiger charge is 2.43. The highest BCUT2D eigenvalue weighted by molar-refractivity contribution is 6.33. The van der Waals surface area contributed by atoms with Crippen molar-refractivity contribution in [3.8, 4) is 0 Å². The van der Waals surface area contributed by atoms with Gasteiger partial charge in [0.2, 0.25) is 0 Å². The molecule has 17 heavy (non-hydrogen) atoms. The number of carbonyl (C=O) groups is 1. The van der Waals surface area contributed by atoms with Crippen molar-refractivity contribution in [3.63, 3.8) is 0 Å². The summed E-state index contributed by atoms with van der Waals surface area (Å²) in [5, 5.41) is 1.17. The fourth-order valence-corrected chi connectivity index (χ4v) is 2.49. The van der Waals surface area contributed by atoms with Gasteiger partial charge in [-0.2, -0.15) is 0 Å². The van der Waals surface area contributed by atoms with Gasteiger partial charge in [-0.05, 0) is 43.0 Å². The third-order valence-corrected chi connectivity index (χ3v) is 4.02. The van der Waals surface area contributed by atoms with Crippen LogP contribution in [0.15, 0.2) is 18.2 Å². The van der Waals surface area contributed by atoms with Crippen molar-refractivity contribution in [2.24, 2.45) is 0 Å². The van der Waals surface area contributed by atoms with Crippen molar-refractivity contribution in [2.75, 3.05) is 7.11 Å². The zero-order valence-corrected chi connectivity index (χ0v) is 11.1. The van der Waals surface area contributed by atoms with Crippen molar-refractivity contribution >= 4 is 29.0 Å². The van der Waals surface area contributed by atoms with Crippen molar-refractivity contribution < 1.29 is 9.53 Å². The van der Waals surface area contributed by atoms with Gasteiger partial charge in [0.15, 0.2) is 5.78 Å². The molecule has 0 saturated heterocycles. The van der Waals surface area contributed by atoms with Crippen LogP contribution in [0.2, 0.25) is 10.0 Å². The second-order valence-corrected chi connectivity index (χ2v) is 5.23. The molecule has 1 aromatic rings. The molecule has 1 aliphatic rings. The van der Waals surface area contributed by atoms with Crippen molar-refractivity contribution in [1.82, 2.24) is 0 Å². The first-order valence-electron chi connectivity index (χ1n) is 5.60. The summed E-state index contributed by atoms with van der Waals surface area (Å²) in [7, 11) is 1.59. The summed E-state index contributed by atoms with van der Waals surface area (Å²) >= 11 is 11.9. The molecule has 1 aromatic carbocycles. The molecular weight excluding hydrogens is 259 g/mol. The van der Waals surface area contributed by atoms with Gasteiger partial charge in [0.1, 0.15) is 5.60 Å². The number of methoxy groups -OCH3 is 1. The Kier molecular flexibility index (Phi) is 3.76. The zero-order chi connectivity index (χ0) is 12.5. The van der Waals surface area contributed by atoms with Gasteiger partial charge in [-0.15, -0.1) is 0 Å². The molecule has 0 aromatic heterocycles. The minimum Gasteiger partial charge on any atom is -0.370 e. The minimum absolute atomic E-state index is 0.0930. The van der Waals surface area contributed by atoms with Crippen LogP contribution < -0.4 is 0 Å². The van der Waals surface area contributed by atoms with Gasteiger partial charge in [0.25, 0.3) is 0 Å². The topological polar surface area (TPSA) is 26.3 Å². The fourth-order valence-electron chi connectivity index (χ4n) is 2.11. The van der Waals surface area contributed by atoms with E-state index in [-0.39, 0.29) is 12.2 Å². The molecule has 0 unspecified atom stereocenters. The van der Waals surface area contributed by atoms with E-state index < -0.39 is 5.60 Å². The van der Waals surface area contributed by atoms with E-state index in [4.69, 9.17) is 27.9 Å². The standard InChI is InChI=1S/C13H14Cl2O2/c1-17-13(5-2-6-13)12(16)8-9-7-10(14)3-4-11(9)15/h3-4,7H,2,5-6,8H2,1H3. The van der Waals surface area contributed by atoms with Gasteiger partial charge < -0.3 is 4.74 Å². The molecule has 0 atom stereocenters. The maximum atomic E-state index is 12.2. The molecular formula is C13H14Cl2O2. The predicted molar refractivity (Wildman–Crippen MR) is 68.8 cm³/mol. The smallest absolute Gasteiger partial charge is 0.169 e. The van der Waals surface area contributed by atoms with E-state index in [0.29, 0.717) is 10.0 Å². The first kappa shape index (κ1) is 12.9. The van der Waals surface area contributed by atoms with E-state index in [1.807, 2.05) is 0 Å². The van der Waals surface area contributed by atoms with Crippen LogP contribution in [0.25, 0.3) is 0 Å². The Morgan fingerprint density at radius 3 is 2.65 bits per heavy atom. The first-order chi connectivity index (χ1) is 8.07. The number of hydrogen-bond donors (Lipinski definition) is 0. The lowest BCUT2D eigenvalue weighted by Gasteiger charge is -2.38. The second kappa shape index (κ2) is 4.97. The molecule has 1 saturated carbocycles. The van der Waals surface area contributed by atoms with Gasteiger partial charge in [0, 0.05) is 23.6 Å². The largest absolute Gasteiger partial charge is 0.370 e. The lowest BCUT2D eigenvalue weighted by molar-refractivity contribution is -0.151. The lowest BCUT2D eigenvalue weighted by Crippen LogP contribution is -2.47. The molecule has 4 heteroatoms. The summed E-state index contributed by atoms with van der Waals surface area (Å²) in [5.41, 5.74) is 0.193. The van der Waals surface area contributed by atoms with Crippen LogP contribution in [0.4, 0.5) is 0 Å². The van der Waals surface area contributed by atoms with Crippen molar-refractivity contribution in [2.45, 2.75) is 31.3 Å². The number of hydrogen-bond acceptors (Lipinski definition) is 2. The number of ether oxygens (including phenoxy) is 1. The van der Waals surface area contributed by atoms with Crippen LogP contribution in [0.1, 0.15) is 24.8 Å². The average molecular weight is 273 g/mol. The molecule has 2 nitrogen and oxygen atoms in total. The van der Waals surface area contributed by atoms with Gasteiger partial charge in [-0.3, -0.25) is 4.79 Å². The highest BCUT2D eigenvalue weighted by atomic mass is 35.5. The molecule has 1 aliphatic carbocycles. The summed E-state index contributed by atoms with van der Waals surface area (Å²) in [6, 6.07) is 5.17. The normalized spacial score (nSPS) is 17.6. The van der Waals surface area contributed by atoms with Crippen LogP contribution in [-0.4, -0.2) is 18.5 Å². The fraction of sp³-hybridized carbons (Fsp3) is 0.462. The molecule has 2 rings (SSSR count). The molecule has 92 valence electrons. The van der Waals surface area contributed by atoms with E-state index in [1.54, 1.807) is 25.3 Å². The summed E-state index contributed by atoms with van der Waals surface area (Å²) in [6.07, 6.45) is 2.94. The third kappa shape index (κ3) is 2.49. The van der Waals surface area contributed by atoms with E-state index in [9.17, 15) is 4.79 Å². The van der Waals surface area contributed by atoms with E-state index >= 15 is 0 Å². The van der Waals surface area contributed by atoms with Crippen molar-refractivity contribution in [3.05, 3.63) is 33.8 Å². The van der Waals surface area contributed by atoms with Gasteiger partial charge >= 0.3 is 0 Å². The van der Waals surface area contributed by atoms with Gasteiger partial charge in [-0.1, -0.05) is 23.2 Å². The number of Topliss-reactive ketones (excluding diaryl/α,β-unsaturated/α-hetero) is 1. The molecule has 0 radical (unpaired) electrons. The van der Waals surface area contributed by atoms with Crippen LogP contribution in [0.5, 0.6) is 0 Å². The van der Waals surface area contributed by atoms with E-state index in [2.05, 4.69) is 0 Å². The Morgan fingerprint density at radius 2 is 2.12 bits per heavy atom. The van der Waals surface area contributed by atoms with E-state index in [1.165, 1.54) is 0 Å². The first-order valence-corrected chi connectivity index (χ1v) is 6.35. The quantitative estimate of drug-likeness (QED) is 0.836. The van der Waals surface area contributed by atoms with Crippen LogP contribution in [-0.2, 0) is 16.0 Å². The number of rotatable bonds is 4. The Morgan fingerprint density at radius 1 is 1.41 bits per heavy atom. The van der Waals surface area contributed by atoms with Crippen molar-refractivity contribution in [1.29, 1.82) is 0 Å².